The van der Waals surface area contributed by atoms with Crippen LogP contribution in [0.15, 0.2) is 58.4 Å². The van der Waals surface area contributed by atoms with E-state index in [4.69, 9.17) is 10.5 Å². The number of ether oxygens (including phenoxy) is 1. The van der Waals surface area contributed by atoms with E-state index in [1.54, 1.807) is 12.1 Å². The summed E-state index contributed by atoms with van der Waals surface area (Å²) in [4.78, 5) is 0. The van der Waals surface area contributed by atoms with Gasteiger partial charge in [0.05, 0.1) is 5.92 Å². The van der Waals surface area contributed by atoms with Crippen LogP contribution in [0.2, 0.25) is 0 Å². The number of aromatic hydroxyl groups is 1. The van der Waals surface area contributed by atoms with Crippen molar-refractivity contribution in [3.05, 3.63) is 69.5 Å². The summed E-state index contributed by atoms with van der Waals surface area (Å²) in [6.07, 6.45) is 0. The molecule has 1 aliphatic heterocycles. The van der Waals surface area contributed by atoms with Crippen LogP contribution in [0.1, 0.15) is 17.0 Å². The first-order valence-electron chi connectivity index (χ1n) is 6.26. The molecular formula is C16H11BrN2O2. The summed E-state index contributed by atoms with van der Waals surface area (Å²) in [6.45, 7) is 0. The SMILES string of the molecule is N#CC1=C(N)Oc2cc(O)ccc2C1c1ccccc1Br. The van der Waals surface area contributed by atoms with Gasteiger partial charge in [0, 0.05) is 16.1 Å². The number of allylic oxidation sites excluding steroid dienone is 1. The lowest BCUT2D eigenvalue weighted by molar-refractivity contribution is 0.388. The third-order valence-electron chi connectivity index (χ3n) is 3.42. The molecule has 0 bridgehead atoms. The normalized spacial score (nSPS) is 16.9. The van der Waals surface area contributed by atoms with Crippen LogP contribution < -0.4 is 10.5 Å². The minimum absolute atomic E-state index is 0.0661. The van der Waals surface area contributed by atoms with Gasteiger partial charge in [-0.25, -0.2) is 0 Å². The van der Waals surface area contributed by atoms with Crippen LogP contribution in [-0.2, 0) is 0 Å². The molecule has 0 spiro atoms. The summed E-state index contributed by atoms with van der Waals surface area (Å²) in [6, 6.07) is 14.6. The van der Waals surface area contributed by atoms with Crippen molar-refractivity contribution in [1.82, 2.24) is 0 Å². The third-order valence-corrected chi connectivity index (χ3v) is 4.14. The second-order valence-electron chi connectivity index (χ2n) is 4.67. The van der Waals surface area contributed by atoms with Crippen LogP contribution in [-0.4, -0.2) is 5.11 Å². The van der Waals surface area contributed by atoms with E-state index in [9.17, 15) is 10.4 Å². The summed E-state index contributed by atoms with van der Waals surface area (Å²) >= 11 is 3.51. The molecule has 3 N–H and O–H groups in total. The van der Waals surface area contributed by atoms with Crippen LogP contribution in [0, 0.1) is 11.3 Å². The Labute approximate surface area is 130 Å². The number of phenolic OH excluding ortho intramolecular Hbond substituents is 1. The molecule has 1 atom stereocenters. The van der Waals surface area contributed by atoms with E-state index in [0.717, 1.165) is 15.6 Å². The van der Waals surface area contributed by atoms with Crippen molar-refractivity contribution >= 4 is 15.9 Å². The van der Waals surface area contributed by atoms with Gasteiger partial charge in [-0.15, -0.1) is 0 Å². The van der Waals surface area contributed by atoms with E-state index in [-0.39, 0.29) is 17.6 Å². The Kier molecular flexibility index (Phi) is 3.32. The lowest BCUT2D eigenvalue weighted by Gasteiger charge is -2.27. The van der Waals surface area contributed by atoms with Crippen molar-refractivity contribution in [3.8, 4) is 17.6 Å². The van der Waals surface area contributed by atoms with Gasteiger partial charge in [-0.1, -0.05) is 40.2 Å². The molecule has 2 aromatic rings. The van der Waals surface area contributed by atoms with Gasteiger partial charge < -0.3 is 15.6 Å². The van der Waals surface area contributed by atoms with E-state index >= 15 is 0 Å². The maximum absolute atomic E-state index is 9.60. The molecule has 1 aliphatic rings. The monoisotopic (exact) mass is 342 g/mol. The Morgan fingerprint density at radius 1 is 1.19 bits per heavy atom. The molecular weight excluding hydrogens is 332 g/mol. The lowest BCUT2D eigenvalue weighted by atomic mass is 9.83. The molecule has 0 saturated heterocycles. The minimum Gasteiger partial charge on any atom is -0.508 e. The van der Waals surface area contributed by atoms with Gasteiger partial charge in [0.2, 0.25) is 5.88 Å². The maximum atomic E-state index is 9.60. The second-order valence-corrected chi connectivity index (χ2v) is 5.52. The predicted molar refractivity (Wildman–Crippen MR) is 81.5 cm³/mol. The number of nitriles is 1. The molecule has 1 unspecified atom stereocenters. The average Bonchev–Trinajstić information content (AvgIpc) is 2.46. The number of fused-ring (bicyclic) bond motifs is 1. The Balaban J connectivity index is 2.27. The first-order valence-corrected chi connectivity index (χ1v) is 7.06. The fourth-order valence-corrected chi connectivity index (χ4v) is 2.99. The Morgan fingerprint density at radius 2 is 1.95 bits per heavy atom. The maximum Gasteiger partial charge on any atom is 0.205 e. The van der Waals surface area contributed by atoms with Crippen LogP contribution in [0.5, 0.6) is 11.5 Å². The van der Waals surface area contributed by atoms with Crippen molar-refractivity contribution < 1.29 is 9.84 Å². The molecule has 0 aromatic heterocycles. The molecule has 0 fully saturated rings. The third kappa shape index (κ3) is 2.24. The van der Waals surface area contributed by atoms with Gasteiger partial charge in [0.1, 0.15) is 23.1 Å². The van der Waals surface area contributed by atoms with Gasteiger partial charge in [-0.3, -0.25) is 0 Å². The summed E-state index contributed by atoms with van der Waals surface area (Å²) in [7, 11) is 0. The quantitative estimate of drug-likeness (QED) is 0.832. The molecule has 0 aliphatic carbocycles. The minimum atomic E-state index is -0.324. The van der Waals surface area contributed by atoms with E-state index in [2.05, 4.69) is 22.0 Å². The summed E-state index contributed by atoms with van der Waals surface area (Å²) in [5.41, 5.74) is 7.95. The Morgan fingerprint density at radius 3 is 2.67 bits per heavy atom. The van der Waals surface area contributed by atoms with E-state index in [1.165, 1.54) is 6.07 Å². The summed E-state index contributed by atoms with van der Waals surface area (Å²) in [5, 5.41) is 19.0. The zero-order valence-electron chi connectivity index (χ0n) is 10.9. The van der Waals surface area contributed by atoms with Crippen molar-refractivity contribution in [2.24, 2.45) is 5.73 Å². The summed E-state index contributed by atoms with van der Waals surface area (Å²) < 4.78 is 6.35. The second kappa shape index (κ2) is 5.15. The van der Waals surface area contributed by atoms with Gasteiger partial charge in [-0.2, -0.15) is 5.26 Å². The molecule has 0 amide bonds. The molecule has 1 heterocycles. The number of phenols is 1. The van der Waals surface area contributed by atoms with Crippen molar-refractivity contribution in [2.45, 2.75) is 5.92 Å². The van der Waals surface area contributed by atoms with Crippen LogP contribution in [0.3, 0.4) is 0 Å². The number of hydrogen-bond donors (Lipinski definition) is 2. The van der Waals surface area contributed by atoms with E-state index in [0.29, 0.717) is 11.3 Å². The number of rotatable bonds is 1. The van der Waals surface area contributed by atoms with Gasteiger partial charge >= 0.3 is 0 Å². The highest BCUT2D eigenvalue weighted by Crippen LogP contribution is 2.44. The largest absolute Gasteiger partial charge is 0.508 e. The highest BCUT2D eigenvalue weighted by Gasteiger charge is 2.31. The molecule has 5 heteroatoms. The number of hydrogen-bond acceptors (Lipinski definition) is 4. The standard InChI is InChI=1S/C16H11BrN2O2/c17-13-4-2-1-3-10(13)15-11-6-5-9(20)7-14(11)21-16(19)12(15)8-18/h1-7,15,20H,19H2. The topological polar surface area (TPSA) is 79.3 Å². The molecule has 104 valence electrons. The van der Waals surface area contributed by atoms with Crippen LogP contribution >= 0.6 is 15.9 Å². The van der Waals surface area contributed by atoms with E-state index in [1.807, 2.05) is 24.3 Å². The van der Waals surface area contributed by atoms with Crippen molar-refractivity contribution in [2.75, 3.05) is 0 Å². The number of nitrogens with zero attached hydrogens (tertiary/aromatic N) is 1. The first kappa shape index (κ1) is 13.5. The zero-order valence-corrected chi connectivity index (χ0v) is 12.5. The molecule has 21 heavy (non-hydrogen) atoms. The highest BCUT2D eigenvalue weighted by molar-refractivity contribution is 9.10. The van der Waals surface area contributed by atoms with Crippen LogP contribution in [0.25, 0.3) is 0 Å². The van der Waals surface area contributed by atoms with Gasteiger partial charge in [-0.05, 0) is 17.7 Å². The first-order chi connectivity index (χ1) is 10.1. The Hall–Kier alpha value is -2.45. The fraction of sp³-hybridized carbons (Fsp3) is 0.0625. The predicted octanol–water partition coefficient (Wildman–Crippen LogP) is 3.37. The number of nitrogens with two attached hydrogens (primary N) is 1. The molecule has 4 nitrogen and oxygen atoms in total. The van der Waals surface area contributed by atoms with E-state index < -0.39 is 0 Å². The van der Waals surface area contributed by atoms with Crippen LogP contribution in [0.4, 0.5) is 0 Å². The molecule has 2 aromatic carbocycles. The highest BCUT2D eigenvalue weighted by atomic mass is 79.9. The van der Waals surface area contributed by atoms with Crippen molar-refractivity contribution in [1.29, 1.82) is 5.26 Å². The number of benzene rings is 2. The lowest BCUT2D eigenvalue weighted by Crippen LogP contribution is -2.21. The fourth-order valence-electron chi connectivity index (χ4n) is 2.47. The van der Waals surface area contributed by atoms with Crippen molar-refractivity contribution in [3.63, 3.8) is 0 Å². The van der Waals surface area contributed by atoms with Gasteiger partial charge in [0.25, 0.3) is 0 Å². The summed E-state index contributed by atoms with van der Waals surface area (Å²) in [5.74, 6) is 0.298. The zero-order chi connectivity index (χ0) is 15.0. The average molecular weight is 343 g/mol. The number of halogens is 1. The molecule has 0 saturated carbocycles. The molecule has 3 rings (SSSR count). The van der Waals surface area contributed by atoms with Gasteiger partial charge in [0.15, 0.2) is 0 Å². The molecule has 0 radical (unpaired) electrons. The smallest absolute Gasteiger partial charge is 0.205 e. The Bertz CT molecular complexity index is 793.